The lowest BCUT2D eigenvalue weighted by Gasteiger charge is -2.24. The highest BCUT2D eigenvalue weighted by Crippen LogP contribution is 2.33. The Hall–Kier alpha value is -2.21. The summed E-state index contributed by atoms with van der Waals surface area (Å²) in [6.45, 7) is 2.80. The van der Waals surface area contributed by atoms with Crippen LogP contribution in [0.2, 0.25) is 0 Å². The van der Waals surface area contributed by atoms with Gasteiger partial charge in [0, 0.05) is 43.1 Å². The molecule has 0 saturated carbocycles. The minimum atomic E-state index is 0.164. The number of carbonyl (C=O) groups is 1. The molecule has 6 heteroatoms. The summed E-state index contributed by atoms with van der Waals surface area (Å²) in [7, 11) is 0. The average Bonchev–Trinajstić information content (AvgIpc) is 3.28. The Morgan fingerprint density at radius 2 is 2.24 bits per heavy atom. The quantitative estimate of drug-likeness (QED) is 0.865. The lowest BCUT2D eigenvalue weighted by atomic mass is 9.93. The van der Waals surface area contributed by atoms with E-state index >= 15 is 0 Å². The number of allylic oxidation sites excluding steroid dienone is 2. The highest BCUT2D eigenvalue weighted by atomic mass is 16.2. The van der Waals surface area contributed by atoms with E-state index in [0.29, 0.717) is 19.0 Å². The molecule has 3 heterocycles. The molecule has 1 aliphatic heterocycles. The van der Waals surface area contributed by atoms with E-state index in [0.717, 1.165) is 55.5 Å². The van der Waals surface area contributed by atoms with Crippen molar-refractivity contribution in [3.8, 4) is 0 Å². The van der Waals surface area contributed by atoms with Gasteiger partial charge in [0.05, 0.1) is 12.2 Å². The molecule has 132 valence electrons. The number of fused-ring (bicyclic) bond motifs is 1. The molecule has 4 rings (SSSR count). The normalized spacial score (nSPS) is 23.5. The largest absolute Gasteiger partial charge is 0.342 e. The number of pyridine rings is 1. The fourth-order valence-corrected chi connectivity index (χ4v) is 4.07. The molecule has 1 aliphatic carbocycles. The molecule has 1 saturated heterocycles. The van der Waals surface area contributed by atoms with Gasteiger partial charge in [-0.25, -0.2) is 9.67 Å². The first-order valence-electron chi connectivity index (χ1n) is 9.23. The third kappa shape index (κ3) is 3.06. The number of rotatable bonds is 4. The van der Waals surface area contributed by atoms with Gasteiger partial charge in [-0.1, -0.05) is 12.2 Å². The maximum absolute atomic E-state index is 12.8. The SMILES string of the molecule is NCCn1nc([C@H]2CCN(C(=O)[C@@H]3CC=CCC3)C2)c2cccnc21. The van der Waals surface area contributed by atoms with Gasteiger partial charge in [-0.3, -0.25) is 4.79 Å². The molecule has 0 unspecified atom stereocenters. The highest BCUT2D eigenvalue weighted by molar-refractivity contribution is 5.81. The van der Waals surface area contributed by atoms with E-state index in [1.807, 2.05) is 15.6 Å². The van der Waals surface area contributed by atoms with Gasteiger partial charge >= 0.3 is 0 Å². The highest BCUT2D eigenvalue weighted by Gasteiger charge is 2.33. The summed E-state index contributed by atoms with van der Waals surface area (Å²) in [5, 5.41) is 5.89. The van der Waals surface area contributed by atoms with Gasteiger partial charge in [-0.05, 0) is 37.8 Å². The molecule has 2 aliphatic rings. The van der Waals surface area contributed by atoms with E-state index < -0.39 is 0 Å². The van der Waals surface area contributed by atoms with E-state index in [1.54, 1.807) is 6.20 Å². The number of hydrogen-bond donors (Lipinski definition) is 1. The lowest BCUT2D eigenvalue weighted by Crippen LogP contribution is -2.34. The van der Waals surface area contributed by atoms with Crippen LogP contribution in [0, 0.1) is 5.92 Å². The maximum atomic E-state index is 12.8. The van der Waals surface area contributed by atoms with Gasteiger partial charge in [0.25, 0.3) is 0 Å². The summed E-state index contributed by atoms with van der Waals surface area (Å²) in [5.74, 6) is 0.765. The van der Waals surface area contributed by atoms with Crippen LogP contribution in [0.15, 0.2) is 30.5 Å². The van der Waals surface area contributed by atoms with E-state index in [-0.39, 0.29) is 11.8 Å². The Labute approximate surface area is 147 Å². The Bertz CT molecular complexity index is 796. The van der Waals surface area contributed by atoms with E-state index in [1.165, 1.54) is 0 Å². The predicted molar refractivity (Wildman–Crippen MR) is 97.0 cm³/mol. The first-order chi connectivity index (χ1) is 12.3. The monoisotopic (exact) mass is 339 g/mol. The fraction of sp³-hybridized carbons (Fsp3) is 0.526. The summed E-state index contributed by atoms with van der Waals surface area (Å²) >= 11 is 0. The van der Waals surface area contributed by atoms with Gasteiger partial charge in [0.1, 0.15) is 0 Å². The van der Waals surface area contributed by atoms with Crippen molar-refractivity contribution in [1.82, 2.24) is 19.7 Å². The molecule has 0 aromatic carbocycles. The summed E-state index contributed by atoms with van der Waals surface area (Å²) in [6.07, 6.45) is 9.98. The van der Waals surface area contributed by atoms with Gasteiger partial charge in [-0.2, -0.15) is 5.10 Å². The Balaban J connectivity index is 1.54. The molecule has 2 N–H and O–H groups in total. The molecule has 0 radical (unpaired) electrons. The van der Waals surface area contributed by atoms with Crippen LogP contribution >= 0.6 is 0 Å². The molecule has 1 amide bonds. The Morgan fingerprint density at radius 3 is 3.04 bits per heavy atom. The molecule has 6 nitrogen and oxygen atoms in total. The van der Waals surface area contributed by atoms with Crippen LogP contribution in [0.3, 0.4) is 0 Å². The molecule has 0 spiro atoms. The van der Waals surface area contributed by atoms with Gasteiger partial charge in [0.15, 0.2) is 5.65 Å². The van der Waals surface area contributed by atoms with Crippen molar-refractivity contribution in [2.45, 2.75) is 38.1 Å². The number of likely N-dealkylation sites (tertiary alicyclic amines) is 1. The van der Waals surface area contributed by atoms with Crippen molar-refractivity contribution in [3.63, 3.8) is 0 Å². The minimum absolute atomic E-state index is 0.164. The molecule has 2 aromatic rings. The third-order valence-corrected chi connectivity index (χ3v) is 5.38. The molecule has 2 atom stereocenters. The second-order valence-electron chi connectivity index (χ2n) is 7.02. The summed E-state index contributed by atoms with van der Waals surface area (Å²) in [6, 6.07) is 4.03. The molecule has 0 bridgehead atoms. The van der Waals surface area contributed by atoms with Crippen LogP contribution in [-0.2, 0) is 11.3 Å². The van der Waals surface area contributed by atoms with Crippen molar-refractivity contribution in [1.29, 1.82) is 0 Å². The van der Waals surface area contributed by atoms with E-state index in [2.05, 4.69) is 23.2 Å². The van der Waals surface area contributed by atoms with Crippen molar-refractivity contribution in [3.05, 3.63) is 36.2 Å². The lowest BCUT2D eigenvalue weighted by molar-refractivity contribution is -0.134. The molecule has 1 fully saturated rings. The van der Waals surface area contributed by atoms with Crippen LogP contribution in [0.4, 0.5) is 0 Å². The standard InChI is InChI=1S/C19H25N5O/c20-9-12-24-18-16(7-4-10-21-18)17(22-24)15-8-11-23(13-15)19(25)14-5-2-1-3-6-14/h1-2,4,7,10,14-15H,3,5-6,8-9,11-13,20H2/t14-,15+/m1/s1. The number of hydrogen-bond acceptors (Lipinski definition) is 4. The van der Waals surface area contributed by atoms with Crippen molar-refractivity contribution >= 4 is 16.9 Å². The van der Waals surface area contributed by atoms with Crippen LogP contribution < -0.4 is 5.73 Å². The van der Waals surface area contributed by atoms with E-state index in [9.17, 15) is 4.79 Å². The van der Waals surface area contributed by atoms with E-state index in [4.69, 9.17) is 10.8 Å². The molecular formula is C19H25N5O. The topological polar surface area (TPSA) is 77.0 Å². The second-order valence-corrected chi connectivity index (χ2v) is 7.02. The fourth-order valence-electron chi connectivity index (χ4n) is 4.07. The zero-order valence-corrected chi connectivity index (χ0v) is 14.5. The summed E-state index contributed by atoms with van der Waals surface area (Å²) in [5.41, 5.74) is 7.67. The number of nitrogens with two attached hydrogens (primary N) is 1. The van der Waals surface area contributed by atoms with Crippen LogP contribution in [0.5, 0.6) is 0 Å². The number of amides is 1. The van der Waals surface area contributed by atoms with Crippen LogP contribution in [-0.4, -0.2) is 45.2 Å². The number of carbonyl (C=O) groups excluding carboxylic acids is 1. The van der Waals surface area contributed by atoms with Crippen molar-refractivity contribution in [2.75, 3.05) is 19.6 Å². The van der Waals surface area contributed by atoms with Gasteiger partial charge < -0.3 is 10.6 Å². The Morgan fingerprint density at radius 1 is 1.32 bits per heavy atom. The third-order valence-electron chi connectivity index (χ3n) is 5.38. The first kappa shape index (κ1) is 16.3. The maximum Gasteiger partial charge on any atom is 0.226 e. The molecule has 25 heavy (non-hydrogen) atoms. The summed E-state index contributed by atoms with van der Waals surface area (Å²) in [4.78, 5) is 19.3. The Kier molecular flexibility index (Phi) is 4.53. The molecular weight excluding hydrogens is 314 g/mol. The van der Waals surface area contributed by atoms with Crippen LogP contribution in [0.1, 0.15) is 37.3 Å². The summed E-state index contributed by atoms with van der Waals surface area (Å²) < 4.78 is 1.90. The predicted octanol–water partition coefficient (Wildman–Crippen LogP) is 2.06. The second kappa shape index (κ2) is 6.96. The minimum Gasteiger partial charge on any atom is -0.342 e. The average molecular weight is 339 g/mol. The smallest absolute Gasteiger partial charge is 0.226 e. The molecule has 2 aromatic heterocycles. The van der Waals surface area contributed by atoms with Crippen LogP contribution in [0.25, 0.3) is 11.0 Å². The first-order valence-corrected chi connectivity index (χ1v) is 9.23. The zero-order chi connectivity index (χ0) is 17.2. The zero-order valence-electron chi connectivity index (χ0n) is 14.5. The van der Waals surface area contributed by atoms with Gasteiger partial charge in [-0.15, -0.1) is 0 Å². The number of nitrogens with zero attached hydrogens (tertiary/aromatic N) is 4. The van der Waals surface area contributed by atoms with Crippen molar-refractivity contribution < 1.29 is 4.79 Å². The van der Waals surface area contributed by atoms with Gasteiger partial charge in [0.2, 0.25) is 5.91 Å². The number of aromatic nitrogens is 3. The van der Waals surface area contributed by atoms with Crippen molar-refractivity contribution in [2.24, 2.45) is 11.7 Å².